The highest BCUT2D eigenvalue weighted by molar-refractivity contribution is 7.16. The molecule has 0 unspecified atom stereocenters. The van der Waals surface area contributed by atoms with Crippen molar-refractivity contribution in [3.63, 3.8) is 0 Å². The number of hydrogen-bond donors (Lipinski definition) is 0. The molecule has 0 spiro atoms. The third-order valence-corrected chi connectivity index (χ3v) is 5.26. The Bertz CT molecular complexity index is 1110. The predicted octanol–water partition coefficient (Wildman–Crippen LogP) is 3.63. The normalized spacial score (nSPS) is 11.6. The molecule has 7 heteroatoms. The fourth-order valence-corrected chi connectivity index (χ4v) is 4.33. The number of carbonyl (C=O) groups excluding carboxylic acids is 2. The van der Waals surface area contributed by atoms with Crippen molar-refractivity contribution in [2.45, 2.75) is 27.3 Å². The largest absolute Gasteiger partial charge is 0.496 e. The molecule has 0 N–H and O–H groups in total. The Kier molecular flexibility index (Phi) is 5.94. The van der Waals surface area contributed by atoms with Gasteiger partial charge in [-0.05, 0) is 50.1 Å². The van der Waals surface area contributed by atoms with Gasteiger partial charge in [0.05, 0.1) is 29.5 Å². The lowest BCUT2D eigenvalue weighted by atomic mass is 10.1. The summed E-state index contributed by atoms with van der Waals surface area (Å²) in [7, 11) is 1.51. The molecule has 3 aromatic rings. The maximum atomic E-state index is 12.8. The van der Waals surface area contributed by atoms with Crippen LogP contribution in [0.5, 0.6) is 5.75 Å². The summed E-state index contributed by atoms with van der Waals surface area (Å²) in [4.78, 5) is 29.7. The van der Waals surface area contributed by atoms with Crippen LogP contribution in [0.4, 0.5) is 0 Å². The summed E-state index contributed by atoms with van der Waals surface area (Å²) in [5.74, 6) is -0.328. The monoisotopic (exact) mass is 398 g/mol. The van der Waals surface area contributed by atoms with Crippen molar-refractivity contribution in [3.8, 4) is 5.75 Å². The second-order valence-electron chi connectivity index (χ2n) is 6.32. The topological polar surface area (TPSA) is 69.9 Å². The Labute approximate surface area is 167 Å². The van der Waals surface area contributed by atoms with Crippen molar-refractivity contribution >= 4 is 33.4 Å². The van der Waals surface area contributed by atoms with E-state index >= 15 is 0 Å². The van der Waals surface area contributed by atoms with E-state index in [0.717, 1.165) is 21.3 Å². The van der Waals surface area contributed by atoms with Gasteiger partial charge in [0.2, 0.25) is 0 Å². The lowest BCUT2D eigenvalue weighted by Crippen LogP contribution is -2.23. The average Bonchev–Trinajstić information content (AvgIpc) is 2.98. The summed E-state index contributed by atoms with van der Waals surface area (Å²) in [6.07, 6.45) is 0. The smallest absolute Gasteiger partial charge is 0.326 e. The van der Waals surface area contributed by atoms with Gasteiger partial charge in [-0.1, -0.05) is 29.5 Å². The van der Waals surface area contributed by atoms with Crippen LogP contribution in [0.15, 0.2) is 41.4 Å². The molecule has 6 nitrogen and oxygen atoms in total. The number of para-hydroxylation sites is 1. The summed E-state index contributed by atoms with van der Waals surface area (Å²) in [5.41, 5.74) is 3.38. The van der Waals surface area contributed by atoms with Gasteiger partial charge in [0.15, 0.2) is 4.80 Å². The van der Waals surface area contributed by atoms with Gasteiger partial charge in [0, 0.05) is 0 Å². The van der Waals surface area contributed by atoms with Crippen LogP contribution in [0.25, 0.3) is 10.2 Å². The van der Waals surface area contributed by atoms with Gasteiger partial charge in [-0.3, -0.25) is 9.59 Å². The van der Waals surface area contributed by atoms with Crippen LogP contribution in [0.1, 0.15) is 28.4 Å². The molecule has 0 aliphatic heterocycles. The first-order chi connectivity index (χ1) is 13.4. The first kappa shape index (κ1) is 19.8. The number of amides is 1. The molecule has 0 bridgehead atoms. The average molecular weight is 398 g/mol. The Hall–Kier alpha value is -2.93. The maximum Gasteiger partial charge on any atom is 0.326 e. The number of ether oxygens (including phenoxy) is 2. The van der Waals surface area contributed by atoms with Crippen LogP contribution in [0.3, 0.4) is 0 Å². The summed E-state index contributed by atoms with van der Waals surface area (Å²) in [6.45, 7) is 6.05. The quantitative estimate of drug-likeness (QED) is 0.616. The summed E-state index contributed by atoms with van der Waals surface area (Å²) in [5, 5.41) is 0. The SMILES string of the molecule is CCOC(=O)Cn1c(=NC(=O)c2ccccc2OC)sc2cc(C)cc(C)c21. The van der Waals surface area contributed by atoms with Gasteiger partial charge >= 0.3 is 5.97 Å². The van der Waals surface area contributed by atoms with Crippen molar-refractivity contribution in [3.05, 3.63) is 57.9 Å². The maximum absolute atomic E-state index is 12.8. The second kappa shape index (κ2) is 8.39. The van der Waals surface area contributed by atoms with E-state index in [2.05, 4.69) is 4.99 Å². The van der Waals surface area contributed by atoms with Crippen molar-refractivity contribution < 1.29 is 19.1 Å². The Morgan fingerprint density at radius 3 is 2.64 bits per heavy atom. The number of rotatable bonds is 5. The van der Waals surface area contributed by atoms with E-state index in [0.29, 0.717) is 22.7 Å². The molecule has 146 valence electrons. The lowest BCUT2D eigenvalue weighted by molar-refractivity contribution is -0.143. The molecular formula is C21H22N2O4S. The van der Waals surface area contributed by atoms with Crippen molar-refractivity contribution in [1.29, 1.82) is 0 Å². The highest BCUT2D eigenvalue weighted by Crippen LogP contribution is 2.24. The first-order valence-electron chi connectivity index (χ1n) is 8.93. The molecule has 28 heavy (non-hydrogen) atoms. The molecule has 1 amide bonds. The third kappa shape index (κ3) is 3.99. The predicted molar refractivity (Wildman–Crippen MR) is 109 cm³/mol. The molecule has 1 aromatic heterocycles. The van der Waals surface area contributed by atoms with Gasteiger partial charge in [0.25, 0.3) is 5.91 Å². The molecule has 0 saturated carbocycles. The zero-order valence-corrected chi connectivity index (χ0v) is 17.1. The summed E-state index contributed by atoms with van der Waals surface area (Å²) >= 11 is 1.38. The van der Waals surface area contributed by atoms with Gasteiger partial charge in [-0.15, -0.1) is 0 Å². The number of thiazole rings is 1. The molecule has 0 saturated heterocycles. The standard InChI is InChI=1S/C21H22N2O4S/c1-5-27-18(24)12-23-19-14(3)10-13(2)11-17(19)28-21(23)22-20(25)15-8-6-7-9-16(15)26-4/h6-11H,5,12H2,1-4H3. The Morgan fingerprint density at radius 1 is 1.18 bits per heavy atom. The fourth-order valence-electron chi connectivity index (χ4n) is 3.13. The van der Waals surface area contributed by atoms with Crippen LogP contribution >= 0.6 is 11.3 Å². The zero-order chi connectivity index (χ0) is 20.3. The molecule has 2 aromatic carbocycles. The minimum absolute atomic E-state index is 0.00419. The number of aromatic nitrogens is 1. The van der Waals surface area contributed by atoms with E-state index in [1.807, 2.05) is 26.0 Å². The number of aryl methyl sites for hydroxylation is 2. The number of esters is 1. The highest BCUT2D eigenvalue weighted by atomic mass is 32.1. The van der Waals surface area contributed by atoms with E-state index in [1.165, 1.54) is 18.4 Å². The lowest BCUT2D eigenvalue weighted by Gasteiger charge is -2.08. The Balaban J connectivity index is 2.18. The van der Waals surface area contributed by atoms with Gasteiger partial charge in [-0.25, -0.2) is 0 Å². The second-order valence-corrected chi connectivity index (χ2v) is 7.33. The van der Waals surface area contributed by atoms with E-state index in [-0.39, 0.29) is 12.5 Å². The highest BCUT2D eigenvalue weighted by Gasteiger charge is 2.16. The first-order valence-corrected chi connectivity index (χ1v) is 9.74. The number of benzene rings is 2. The number of hydrogen-bond acceptors (Lipinski definition) is 5. The molecule has 1 heterocycles. The van der Waals surface area contributed by atoms with Crippen molar-refractivity contribution in [2.24, 2.45) is 4.99 Å². The van der Waals surface area contributed by atoms with Crippen molar-refractivity contribution in [2.75, 3.05) is 13.7 Å². The summed E-state index contributed by atoms with van der Waals surface area (Å²) < 4.78 is 13.1. The van der Waals surface area contributed by atoms with Gasteiger partial charge in [0.1, 0.15) is 12.3 Å². The number of carbonyl (C=O) groups is 2. The van der Waals surface area contributed by atoms with Crippen molar-refractivity contribution in [1.82, 2.24) is 4.57 Å². The van der Waals surface area contributed by atoms with E-state index in [4.69, 9.17) is 9.47 Å². The van der Waals surface area contributed by atoms with E-state index in [9.17, 15) is 9.59 Å². The number of methoxy groups -OCH3 is 1. The van der Waals surface area contributed by atoms with E-state index < -0.39 is 5.91 Å². The van der Waals surface area contributed by atoms with Crippen LogP contribution in [0, 0.1) is 13.8 Å². The molecule has 0 aliphatic rings. The molecule has 0 fully saturated rings. The van der Waals surface area contributed by atoms with Crippen LogP contribution in [-0.2, 0) is 16.1 Å². The van der Waals surface area contributed by atoms with E-state index in [1.54, 1.807) is 35.8 Å². The van der Waals surface area contributed by atoms with Gasteiger partial charge < -0.3 is 14.0 Å². The Morgan fingerprint density at radius 2 is 1.93 bits per heavy atom. The molecule has 0 radical (unpaired) electrons. The minimum Gasteiger partial charge on any atom is -0.496 e. The number of nitrogens with zero attached hydrogens (tertiary/aromatic N) is 2. The summed E-state index contributed by atoms with van der Waals surface area (Å²) in [6, 6.07) is 11.0. The zero-order valence-electron chi connectivity index (χ0n) is 16.3. The third-order valence-electron chi connectivity index (χ3n) is 4.24. The van der Waals surface area contributed by atoms with Crippen LogP contribution < -0.4 is 9.54 Å². The molecule has 0 aliphatic carbocycles. The molecule has 3 rings (SSSR count). The van der Waals surface area contributed by atoms with Crippen LogP contribution in [0.2, 0.25) is 0 Å². The minimum atomic E-state index is -0.420. The van der Waals surface area contributed by atoms with Gasteiger partial charge in [-0.2, -0.15) is 4.99 Å². The fraction of sp³-hybridized carbons (Fsp3) is 0.286. The number of fused-ring (bicyclic) bond motifs is 1. The molecular weight excluding hydrogens is 376 g/mol. The van der Waals surface area contributed by atoms with Crippen LogP contribution in [-0.4, -0.2) is 30.2 Å². The molecule has 0 atom stereocenters.